The fourth-order valence-electron chi connectivity index (χ4n) is 1.53. The Morgan fingerprint density at radius 1 is 1.32 bits per heavy atom. The maximum Gasteiger partial charge on any atom is 0.209 e. The van der Waals surface area contributed by atoms with E-state index in [1.807, 2.05) is 29.9 Å². The van der Waals surface area contributed by atoms with Gasteiger partial charge in [0.25, 0.3) is 0 Å². The molecule has 0 atom stereocenters. The number of nitrogens with zero attached hydrogens (tertiary/aromatic N) is 4. The third-order valence-electron chi connectivity index (χ3n) is 2.49. The van der Waals surface area contributed by atoms with Crippen molar-refractivity contribution >= 4 is 17.8 Å². The first kappa shape index (κ1) is 13.8. The van der Waals surface area contributed by atoms with E-state index in [0.717, 1.165) is 24.0 Å². The highest BCUT2D eigenvalue weighted by Crippen LogP contribution is 2.14. The van der Waals surface area contributed by atoms with Gasteiger partial charge in [0, 0.05) is 12.3 Å². The average Bonchev–Trinajstić information content (AvgIpc) is 2.90. The van der Waals surface area contributed by atoms with E-state index in [0.29, 0.717) is 0 Å². The van der Waals surface area contributed by atoms with Gasteiger partial charge in [0.15, 0.2) is 0 Å². The van der Waals surface area contributed by atoms with Gasteiger partial charge in [-0.15, -0.1) is 5.10 Å². The van der Waals surface area contributed by atoms with Crippen LogP contribution in [0.25, 0.3) is 6.08 Å². The first-order valence-electron chi connectivity index (χ1n) is 6.15. The number of benzene rings is 1. The SMILES string of the molecule is CNCCn1nnnc1SCC=Cc1ccccc1. The van der Waals surface area contributed by atoms with Crippen LogP contribution in [-0.2, 0) is 6.54 Å². The summed E-state index contributed by atoms with van der Waals surface area (Å²) in [6.45, 7) is 1.65. The van der Waals surface area contributed by atoms with E-state index in [4.69, 9.17) is 0 Å². The molecule has 1 heterocycles. The lowest BCUT2D eigenvalue weighted by atomic mass is 10.2. The number of nitrogens with one attached hydrogen (secondary N) is 1. The summed E-state index contributed by atoms with van der Waals surface area (Å²) in [5.41, 5.74) is 1.21. The van der Waals surface area contributed by atoms with Crippen molar-refractivity contribution in [3.05, 3.63) is 42.0 Å². The van der Waals surface area contributed by atoms with Gasteiger partial charge in [-0.25, -0.2) is 4.68 Å². The zero-order valence-electron chi connectivity index (χ0n) is 10.9. The van der Waals surface area contributed by atoms with E-state index < -0.39 is 0 Å². The first-order valence-corrected chi connectivity index (χ1v) is 7.14. The highest BCUT2D eigenvalue weighted by Gasteiger charge is 2.04. The van der Waals surface area contributed by atoms with Crippen LogP contribution in [0.4, 0.5) is 0 Å². The number of likely N-dealkylation sites (N-methyl/N-ethyl adjacent to an activating group) is 1. The Kier molecular flexibility index (Phi) is 5.58. The molecule has 1 aromatic carbocycles. The van der Waals surface area contributed by atoms with Crippen LogP contribution in [0.3, 0.4) is 0 Å². The molecular formula is C13H17N5S. The van der Waals surface area contributed by atoms with Crippen LogP contribution in [0.2, 0.25) is 0 Å². The van der Waals surface area contributed by atoms with Crippen LogP contribution in [0.5, 0.6) is 0 Å². The summed E-state index contributed by atoms with van der Waals surface area (Å²) in [5.74, 6) is 0.856. The predicted octanol–water partition coefficient (Wildman–Crippen LogP) is 1.70. The topological polar surface area (TPSA) is 55.6 Å². The van der Waals surface area contributed by atoms with Crippen molar-refractivity contribution in [3.63, 3.8) is 0 Å². The minimum absolute atomic E-state index is 0.786. The van der Waals surface area contributed by atoms with Crippen LogP contribution in [0.15, 0.2) is 41.6 Å². The van der Waals surface area contributed by atoms with Gasteiger partial charge in [-0.1, -0.05) is 54.2 Å². The Bertz CT molecular complexity index is 509. The number of rotatable bonds is 7. The molecule has 0 amide bonds. The minimum Gasteiger partial charge on any atom is -0.318 e. The molecule has 0 aliphatic heterocycles. The maximum atomic E-state index is 4.02. The Morgan fingerprint density at radius 3 is 2.95 bits per heavy atom. The fourth-order valence-corrected chi connectivity index (χ4v) is 2.24. The molecule has 0 radical (unpaired) electrons. The zero-order valence-corrected chi connectivity index (χ0v) is 11.7. The lowest BCUT2D eigenvalue weighted by molar-refractivity contribution is 0.530. The van der Waals surface area contributed by atoms with E-state index >= 15 is 0 Å². The molecule has 5 nitrogen and oxygen atoms in total. The zero-order chi connectivity index (χ0) is 13.3. The smallest absolute Gasteiger partial charge is 0.209 e. The standard InChI is InChI=1S/C13H17N5S/c1-14-9-10-18-13(15-16-17-18)19-11-5-8-12-6-3-2-4-7-12/h2-8,14H,9-11H2,1H3. The molecule has 6 heteroatoms. The van der Waals surface area contributed by atoms with Crippen LogP contribution in [0, 0.1) is 0 Å². The Labute approximate surface area is 117 Å². The molecule has 0 saturated heterocycles. The third-order valence-corrected chi connectivity index (χ3v) is 3.40. The molecule has 0 fully saturated rings. The molecule has 2 rings (SSSR count). The summed E-state index contributed by atoms with van der Waals surface area (Å²) < 4.78 is 1.82. The van der Waals surface area contributed by atoms with Crippen molar-refractivity contribution < 1.29 is 0 Å². The summed E-state index contributed by atoms with van der Waals surface area (Å²) in [4.78, 5) is 0. The van der Waals surface area contributed by atoms with Crippen molar-refractivity contribution in [2.75, 3.05) is 19.3 Å². The van der Waals surface area contributed by atoms with Crippen LogP contribution < -0.4 is 5.32 Å². The van der Waals surface area contributed by atoms with E-state index in [-0.39, 0.29) is 0 Å². The lowest BCUT2D eigenvalue weighted by Crippen LogP contribution is -2.16. The van der Waals surface area contributed by atoms with Gasteiger partial charge >= 0.3 is 0 Å². The molecule has 0 spiro atoms. The van der Waals surface area contributed by atoms with Crippen LogP contribution in [-0.4, -0.2) is 39.6 Å². The molecule has 0 aliphatic rings. The van der Waals surface area contributed by atoms with Gasteiger partial charge in [0.1, 0.15) is 0 Å². The number of tetrazole rings is 1. The molecule has 1 aromatic heterocycles. The summed E-state index contributed by atoms with van der Waals surface area (Å²) in [6.07, 6.45) is 4.23. The third kappa shape index (κ3) is 4.50. The Morgan fingerprint density at radius 2 is 2.16 bits per heavy atom. The summed E-state index contributed by atoms with van der Waals surface area (Å²) >= 11 is 1.64. The summed E-state index contributed by atoms with van der Waals surface area (Å²) in [7, 11) is 1.92. The monoisotopic (exact) mass is 275 g/mol. The molecule has 0 saturated carbocycles. The van der Waals surface area contributed by atoms with Gasteiger partial charge in [-0.2, -0.15) is 0 Å². The quantitative estimate of drug-likeness (QED) is 0.779. The highest BCUT2D eigenvalue weighted by molar-refractivity contribution is 7.99. The van der Waals surface area contributed by atoms with Crippen molar-refractivity contribution in [2.24, 2.45) is 0 Å². The van der Waals surface area contributed by atoms with Crippen molar-refractivity contribution in [3.8, 4) is 0 Å². The predicted molar refractivity (Wildman–Crippen MR) is 77.9 cm³/mol. The van der Waals surface area contributed by atoms with Crippen molar-refractivity contribution in [1.82, 2.24) is 25.5 Å². The molecule has 0 aliphatic carbocycles. The van der Waals surface area contributed by atoms with Gasteiger partial charge in [-0.05, 0) is 23.0 Å². The number of aromatic nitrogens is 4. The highest BCUT2D eigenvalue weighted by atomic mass is 32.2. The number of hydrogen-bond acceptors (Lipinski definition) is 5. The van der Waals surface area contributed by atoms with Crippen molar-refractivity contribution in [1.29, 1.82) is 0 Å². The van der Waals surface area contributed by atoms with E-state index in [1.54, 1.807) is 11.8 Å². The molecule has 1 N–H and O–H groups in total. The average molecular weight is 275 g/mol. The first-order chi connectivity index (χ1) is 9.40. The second-order valence-electron chi connectivity index (χ2n) is 3.91. The molecule has 0 unspecified atom stereocenters. The van der Waals surface area contributed by atoms with Crippen molar-refractivity contribution in [2.45, 2.75) is 11.7 Å². The molecule has 2 aromatic rings. The second kappa shape index (κ2) is 7.70. The Hall–Kier alpha value is -1.66. The molecular weight excluding hydrogens is 258 g/mol. The molecule has 19 heavy (non-hydrogen) atoms. The largest absolute Gasteiger partial charge is 0.318 e. The van der Waals surface area contributed by atoms with Crippen LogP contribution >= 0.6 is 11.8 Å². The van der Waals surface area contributed by atoms with Gasteiger partial charge in [-0.3, -0.25) is 0 Å². The summed E-state index contributed by atoms with van der Waals surface area (Å²) in [5, 5.41) is 15.6. The molecule has 100 valence electrons. The number of hydrogen-bond donors (Lipinski definition) is 1. The van der Waals surface area contributed by atoms with Crippen LogP contribution in [0.1, 0.15) is 5.56 Å². The van der Waals surface area contributed by atoms with E-state index in [2.05, 4.69) is 45.1 Å². The number of thioether (sulfide) groups is 1. The fraction of sp³-hybridized carbons (Fsp3) is 0.308. The normalized spacial score (nSPS) is 11.2. The van der Waals surface area contributed by atoms with E-state index in [9.17, 15) is 0 Å². The van der Waals surface area contributed by atoms with Gasteiger partial charge in [0.05, 0.1) is 6.54 Å². The lowest BCUT2D eigenvalue weighted by Gasteiger charge is -2.01. The summed E-state index contributed by atoms with van der Waals surface area (Å²) in [6, 6.07) is 10.2. The minimum atomic E-state index is 0.786. The Balaban J connectivity index is 1.82. The second-order valence-corrected chi connectivity index (χ2v) is 4.90. The van der Waals surface area contributed by atoms with Gasteiger partial charge < -0.3 is 5.32 Å². The van der Waals surface area contributed by atoms with Gasteiger partial charge in [0.2, 0.25) is 5.16 Å². The molecule has 0 bridgehead atoms. The van der Waals surface area contributed by atoms with E-state index in [1.165, 1.54) is 5.56 Å². The maximum absolute atomic E-state index is 4.02.